The van der Waals surface area contributed by atoms with Crippen molar-refractivity contribution in [2.45, 2.75) is 51.6 Å². The van der Waals surface area contributed by atoms with Crippen molar-refractivity contribution >= 4 is 16.8 Å². The Kier molecular flexibility index (Phi) is 4.00. The summed E-state index contributed by atoms with van der Waals surface area (Å²) < 4.78 is 0. The van der Waals surface area contributed by atoms with E-state index in [9.17, 15) is 4.79 Å². The Labute approximate surface area is 159 Å². The first-order valence-electron chi connectivity index (χ1n) is 10.0. The van der Waals surface area contributed by atoms with Crippen LogP contribution >= 0.6 is 0 Å². The molecule has 2 aromatic heterocycles. The van der Waals surface area contributed by atoms with Crippen LogP contribution in [0.25, 0.3) is 10.9 Å². The minimum absolute atomic E-state index is 0.138. The molecule has 1 saturated carbocycles. The normalized spacial score (nSPS) is 19.1. The number of aromatic nitrogens is 2. The second-order valence-electron chi connectivity index (χ2n) is 8.18. The summed E-state index contributed by atoms with van der Waals surface area (Å²) in [7, 11) is 0. The van der Waals surface area contributed by atoms with Gasteiger partial charge in [0.05, 0.1) is 11.1 Å². The van der Waals surface area contributed by atoms with Gasteiger partial charge in [-0.05, 0) is 61.3 Å². The Balaban J connectivity index is 1.53. The number of nitrogens with one attached hydrogen (secondary N) is 1. The van der Waals surface area contributed by atoms with Gasteiger partial charge in [-0.3, -0.25) is 9.78 Å². The Hall–Kier alpha value is -2.62. The number of aryl methyl sites for hydroxylation is 1. The van der Waals surface area contributed by atoms with Crippen LogP contribution in [0.5, 0.6) is 0 Å². The van der Waals surface area contributed by atoms with Gasteiger partial charge < -0.3 is 9.88 Å². The molecule has 27 heavy (non-hydrogen) atoms. The number of fused-ring (bicyclic) bond motifs is 3. The van der Waals surface area contributed by atoms with Crippen LogP contribution in [0, 0.1) is 5.92 Å². The van der Waals surface area contributed by atoms with E-state index in [1.165, 1.54) is 23.1 Å². The first-order chi connectivity index (χ1) is 13.2. The van der Waals surface area contributed by atoms with Gasteiger partial charge >= 0.3 is 0 Å². The predicted octanol–water partition coefficient (Wildman–Crippen LogP) is 4.49. The highest BCUT2D eigenvalue weighted by atomic mass is 16.2. The van der Waals surface area contributed by atoms with E-state index in [1.54, 1.807) is 6.20 Å². The molecule has 0 bridgehead atoms. The standard InChI is InChI=1S/C23H25N3O/c1-15-7-10-21-20(12-15)18-5-2-6-19(22(18)25-21)23(27)26(17-8-9-17)14-16-4-3-11-24-13-16/h2-6,11,13,15,17,25H,7-10,12,14H2,1H3. The SMILES string of the molecule is CC1CCc2[nH]c3c(C(=O)N(Cc4cccnc4)C4CC4)cccc3c2C1. The smallest absolute Gasteiger partial charge is 0.256 e. The van der Waals surface area contributed by atoms with Gasteiger partial charge in [0.2, 0.25) is 0 Å². The van der Waals surface area contributed by atoms with Crippen LogP contribution in [-0.4, -0.2) is 26.8 Å². The molecule has 5 rings (SSSR count). The number of H-pyrrole nitrogens is 1. The molecule has 4 heteroatoms. The van der Waals surface area contributed by atoms with E-state index in [-0.39, 0.29) is 5.91 Å². The molecule has 138 valence electrons. The van der Waals surface area contributed by atoms with E-state index in [0.29, 0.717) is 18.5 Å². The van der Waals surface area contributed by atoms with Crippen molar-refractivity contribution in [1.82, 2.24) is 14.9 Å². The molecule has 0 radical (unpaired) electrons. The highest BCUT2D eigenvalue weighted by molar-refractivity contribution is 6.07. The van der Waals surface area contributed by atoms with Crippen LogP contribution in [0.1, 0.15) is 53.4 Å². The number of hydrogen-bond donors (Lipinski definition) is 1. The average Bonchev–Trinajstić information content (AvgIpc) is 3.47. The molecule has 1 aromatic carbocycles. The summed E-state index contributed by atoms with van der Waals surface area (Å²) in [5.41, 5.74) is 5.67. The number of hydrogen-bond acceptors (Lipinski definition) is 2. The lowest BCUT2D eigenvalue weighted by molar-refractivity contribution is 0.0731. The summed E-state index contributed by atoms with van der Waals surface area (Å²) in [5.74, 6) is 0.850. The molecule has 2 heterocycles. The van der Waals surface area contributed by atoms with Gasteiger partial charge in [0.1, 0.15) is 0 Å². The molecule has 1 amide bonds. The van der Waals surface area contributed by atoms with E-state index < -0.39 is 0 Å². The van der Waals surface area contributed by atoms with Gasteiger partial charge in [-0.15, -0.1) is 0 Å². The van der Waals surface area contributed by atoms with Crippen molar-refractivity contribution in [2.75, 3.05) is 0 Å². The van der Waals surface area contributed by atoms with Crippen molar-refractivity contribution in [3.8, 4) is 0 Å². The maximum atomic E-state index is 13.5. The zero-order valence-corrected chi connectivity index (χ0v) is 15.7. The summed E-state index contributed by atoms with van der Waals surface area (Å²) in [6.45, 7) is 2.95. The third-order valence-corrected chi connectivity index (χ3v) is 6.02. The first kappa shape index (κ1) is 16.5. The lowest BCUT2D eigenvalue weighted by Gasteiger charge is -2.23. The van der Waals surface area contributed by atoms with E-state index in [0.717, 1.165) is 42.3 Å². The topological polar surface area (TPSA) is 49.0 Å². The number of para-hydroxylation sites is 1. The second kappa shape index (κ2) is 6.52. The number of pyridine rings is 1. The molecule has 0 saturated heterocycles. The van der Waals surface area contributed by atoms with Gasteiger partial charge in [0.25, 0.3) is 5.91 Å². The number of nitrogens with zero attached hydrogens (tertiary/aromatic N) is 2. The first-order valence-corrected chi connectivity index (χ1v) is 10.0. The number of aromatic amines is 1. The quantitative estimate of drug-likeness (QED) is 0.746. The molecule has 1 N–H and O–H groups in total. The summed E-state index contributed by atoms with van der Waals surface area (Å²) in [5, 5.41) is 1.24. The molecule has 4 nitrogen and oxygen atoms in total. The average molecular weight is 359 g/mol. The number of amides is 1. The molecule has 2 aliphatic rings. The van der Waals surface area contributed by atoms with Crippen molar-refractivity contribution in [3.05, 3.63) is 65.1 Å². The number of rotatable bonds is 4. The summed E-state index contributed by atoms with van der Waals surface area (Å²) >= 11 is 0. The van der Waals surface area contributed by atoms with Crippen molar-refractivity contribution in [1.29, 1.82) is 0 Å². The minimum atomic E-state index is 0.138. The maximum Gasteiger partial charge on any atom is 0.256 e. The van der Waals surface area contributed by atoms with E-state index in [1.807, 2.05) is 35.4 Å². The maximum absolute atomic E-state index is 13.5. The van der Waals surface area contributed by atoms with Crippen molar-refractivity contribution < 1.29 is 4.79 Å². The zero-order valence-electron chi connectivity index (χ0n) is 15.7. The Morgan fingerprint density at radius 3 is 2.89 bits per heavy atom. The number of benzene rings is 1. The molecular formula is C23H25N3O. The molecule has 3 aromatic rings. The summed E-state index contributed by atoms with van der Waals surface area (Å²) in [6, 6.07) is 10.5. The fraction of sp³-hybridized carbons (Fsp3) is 0.391. The predicted molar refractivity (Wildman–Crippen MR) is 107 cm³/mol. The molecule has 2 aliphatic carbocycles. The van der Waals surface area contributed by atoms with Crippen molar-refractivity contribution in [3.63, 3.8) is 0 Å². The fourth-order valence-electron chi connectivity index (χ4n) is 4.39. The van der Waals surface area contributed by atoms with E-state index >= 15 is 0 Å². The molecule has 0 spiro atoms. The lowest BCUT2D eigenvalue weighted by Crippen LogP contribution is -2.32. The van der Waals surface area contributed by atoms with Crippen LogP contribution in [0.3, 0.4) is 0 Å². The van der Waals surface area contributed by atoms with E-state index in [2.05, 4.69) is 23.0 Å². The molecule has 0 aliphatic heterocycles. The zero-order chi connectivity index (χ0) is 18.4. The Morgan fingerprint density at radius 2 is 2.11 bits per heavy atom. The Bertz CT molecular complexity index is 988. The molecule has 1 atom stereocenters. The summed E-state index contributed by atoms with van der Waals surface area (Å²) in [4.78, 5) is 23.4. The van der Waals surface area contributed by atoms with Gasteiger partial charge in [-0.1, -0.05) is 25.1 Å². The summed E-state index contributed by atoms with van der Waals surface area (Å²) in [6.07, 6.45) is 9.24. The number of carbonyl (C=O) groups excluding carboxylic acids is 1. The van der Waals surface area contributed by atoms with Crippen LogP contribution in [0.2, 0.25) is 0 Å². The second-order valence-corrected chi connectivity index (χ2v) is 8.18. The third-order valence-electron chi connectivity index (χ3n) is 6.02. The monoisotopic (exact) mass is 359 g/mol. The van der Waals surface area contributed by atoms with Crippen LogP contribution in [0.4, 0.5) is 0 Å². The Morgan fingerprint density at radius 1 is 1.22 bits per heavy atom. The van der Waals surface area contributed by atoms with Gasteiger partial charge in [-0.25, -0.2) is 0 Å². The van der Waals surface area contributed by atoms with Crippen LogP contribution in [0.15, 0.2) is 42.7 Å². The largest absolute Gasteiger partial charge is 0.358 e. The lowest BCUT2D eigenvalue weighted by atomic mass is 9.87. The highest BCUT2D eigenvalue weighted by Gasteiger charge is 2.34. The third kappa shape index (κ3) is 3.03. The van der Waals surface area contributed by atoms with Crippen molar-refractivity contribution in [2.24, 2.45) is 5.92 Å². The van der Waals surface area contributed by atoms with Crippen LogP contribution < -0.4 is 0 Å². The van der Waals surface area contributed by atoms with Gasteiger partial charge in [0, 0.05) is 36.1 Å². The molecule has 1 fully saturated rings. The molecule has 1 unspecified atom stereocenters. The van der Waals surface area contributed by atoms with E-state index in [4.69, 9.17) is 0 Å². The fourth-order valence-corrected chi connectivity index (χ4v) is 4.39. The minimum Gasteiger partial charge on any atom is -0.358 e. The van der Waals surface area contributed by atoms with Crippen LogP contribution in [-0.2, 0) is 19.4 Å². The molecular weight excluding hydrogens is 334 g/mol. The van der Waals surface area contributed by atoms with Gasteiger partial charge in [-0.2, -0.15) is 0 Å². The highest BCUT2D eigenvalue weighted by Crippen LogP contribution is 2.35. The van der Waals surface area contributed by atoms with Gasteiger partial charge in [0.15, 0.2) is 0 Å². The number of carbonyl (C=O) groups is 1.